The number of ether oxygens (including phenoxy) is 1. The molecular weight excluding hydrogens is 294 g/mol. The zero-order valence-electron chi connectivity index (χ0n) is 13.2. The molecule has 0 bridgehead atoms. The first-order valence-corrected chi connectivity index (χ1v) is 7.52. The smallest absolute Gasteiger partial charge is 0.275 e. The second kappa shape index (κ2) is 6.10. The van der Waals surface area contributed by atoms with E-state index in [0.717, 1.165) is 11.1 Å². The van der Waals surface area contributed by atoms with Crippen molar-refractivity contribution in [1.82, 2.24) is 5.48 Å². The van der Waals surface area contributed by atoms with Gasteiger partial charge < -0.3 is 4.74 Å². The molecule has 1 heterocycles. The number of hydrogen-bond donors (Lipinski definition) is 1. The molecular formula is C18H19NO4. The van der Waals surface area contributed by atoms with E-state index in [-0.39, 0.29) is 17.6 Å². The van der Waals surface area contributed by atoms with Crippen LogP contribution in [-0.2, 0) is 14.4 Å². The number of allylic oxidation sites excluding steroid dienone is 1. The van der Waals surface area contributed by atoms with Crippen LogP contribution in [0.3, 0.4) is 0 Å². The summed E-state index contributed by atoms with van der Waals surface area (Å²) in [6.45, 7) is 2.45. The number of benzene rings is 1. The number of rotatable bonds is 3. The zero-order valence-corrected chi connectivity index (χ0v) is 13.2. The highest BCUT2D eigenvalue weighted by atomic mass is 16.6. The van der Waals surface area contributed by atoms with Crippen LogP contribution >= 0.6 is 0 Å². The third-order valence-electron chi connectivity index (χ3n) is 4.44. The first kappa shape index (κ1) is 15.6. The average Bonchev–Trinajstić information content (AvgIpc) is 2.85. The first-order chi connectivity index (χ1) is 11.0. The second-order valence-electron chi connectivity index (χ2n) is 5.97. The van der Waals surface area contributed by atoms with E-state index in [1.54, 1.807) is 18.2 Å². The summed E-state index contributed by atoms with van der Waals surface area (Å²) in [5.74, 6) is -0.186. The Hall–Kier alpha value is -2.24. The van der Waals surface area contributed by atoms with Crippen molar-refractivity contribution in [3.63, 3.8) is 0 Å². The highest BCUT2D eigenvalue weighted by Gasteiger charge is 2.44. The van der Waals surface area contributed by atoms with Gasteiger partial charge in [0.1, 0.15) is 0 Å². The van der Waals surface area contributed by atoms with Gasteiger partial charge in [0.2, 0.25) is 0 Å². The highest BCUT2D eigenvalue weighted by Crippen LogP contribution is 2.42. The molecule has 1 N–H and O–H groups in total. The first-order valence-electron chi connectivity index (χ1n) is 7.52. The molecule has 0 unspecified atom stereocenters. The fourth-order valence-electron chi connectivity index (χ4n) is 3.15. The summed E-state index contributed by atoms with van der Waals surface area (Å²) in [7, 11) is 1.40. The van der Waals surface area contributed by atoms with Crippen molar-refractivity contribution in [2.45, 2.75) is 18.9 Å². The summed E-state index contributed by atoms with van der Waals surface area (Å²) in [5.41, 5.74) is 4.23. The van der Waals surface area contributed by atoms with Gasteiger partial charge in [0.05, 0.1) is 19.3 Å². The maximum atomic E-state index is 12.1. The maximum absolute atomic E-state index is 12.1. The van der Waals surface area contributed by atoms with Gasteiger partial charge >= 0.3 is 0 Å². The Balaban J connectivity index is 1.95. The summed E-state index contributed by atoms with van der Waals surface area (Å²) >= 11 is 0. The number of hydrogen-bond acceptors (Lipinski definition) is 4. The lowest BCUT2D eigenvalue weighted by Crippen LogP contribution is -2.34. The number of hydroxylamine groups is 1. The van der Waals surface area contributed by atoms with E-state index in [2.05, 4.69) is 5.48 Å². The number of nitrogens with one attached hydrogen (secondary N) is 1. The lowest BCUT2D eigenvalue weighted by molar-refractivity contribution is -0.117. The van der Waals surface area contributed by atoms with Crippen molar-refractivity contribution in [3.8, 4) is 0 Å². The van der Waals surface area contributed by atoms with Crippen LogP contribution in [0.1, 0.15) is 29.3 Å². The molecule has 23 heavy (non-hydrogen) atoms. The number of fused-ring (bicyclic) bond motifs is 1. The molecule has 120 valence electrons. The van der Waals surface area contributed by atoms with Gasteiger partial charge in [-0.2, -0.15) is 0 Å². The Labute approximate surface area is 134 Å². The molecule has 0 radical (unpaired) electrons. The maximum Gasteiger partial charge on any atom is 0.275 e. The SMILES string of the molecule is CONC(=O)c1ccccc1/C=C1\CO[C@@]2(C)C=CC(=O)C[C@@H]12. The van der Waals surface area contributed by atoms with Gasteiger partial charge in [0.15, 0.2) is 5.78 Å². The minimum Gasteiger partial charge on any atom is -0.366 e. The molecule has 1 saturated heterocycles. The summed E-state index contributed by atoms with van der Waals surface area (Å²) < 4.78 is 5.89. The minimum absolute atomic E-state index is 0.0125. The third-order valence-corrected chi connectivity index (χ3v) is 4.44. The van der Waals surface area contributed by atoms with E-state index >= 15 is 0 Å². The van der Waals surface area contributed by atoms with Crippen LogP contribution in [0.4, 0.5) is 0 Å². The van der Waals surface area contributed by atoms with Gasteiger partial charge in [-0.15, -0.1) is 0 Å². The van der Waals surface area contributed by atoms with Crippen LogP contribution in [0.15, 0.2) is 42.0 Å². The van der Waals surface area contributed by atoms with Crippen molar-refractivity contribution in [1.29, 1.82) is 0 Å². The van der Waals surface area contributed by atoms with Crippen LogP contribution in [-0.4, -0.2) is 31.0 Å². The molecule has 0 aromatic heterocycles. The Morgan fingerprint density at radius 1 is 1.43 bits per heavy atom. The van der Waals surface area contributed by atoms with Gasteiger partial charge in [-0.05, 0) is 36.3 Å². The standard InChI is InChI=1S/C18H19NO4/c1-18-8-7-14(20)10-16(18)13(11-23-18)9-12-5-3-4-6-15(12)17(21)19-22-2/h3-9,16H,10-11H2,1-2H3,(H,19,21)/b13-9+/t16-,18-/m0/s1. The Kier molecular flexibility index (Phi) is 4.15. The molecule has 1 aliphatic heterocycles. The number of amides is 1. The van der Waals surface area contributed by atoms with Gasteiger partial charge in [-0.1, -0.05) is 24.3 Å². The Morgan fingerprint density at radius 2 is 2.22 bits per heavy atom. The molecule has 5 heteroatoms. The molecule has 1 aliphatic carbocycles. The van der Waals surface area contributed by atoms with Gasteiger partial charge in [-0.3, -0.25) is 14.4 Å². The largest absolute Gasteiger partial charge is 0.366 e. The van der Waals surface area contributed by atoms with E-state index in [0.29, 0.717) is 18.6 Å². The second-order valence-corrected chi connectivity index (χ2v) is 5.97. The number of carbonyl (C=O) groups is 2. The number of carbonyl (C=O) groups excluding carboxylic acids is 2. The van der Waals surface area contributed by atoms with Gasteiger partial charge in [-0.25, -0.2) is 5.48 Å². The lowest BCUT2D eigenvalue weighted by atomic mass is 9.78. The van der Waals surface area contributed by atoms with Gasteiger partial charge in [0.25, 0.3) is 5.91 Å². The van der Waals surface area contributed by atoms with Crippen LogP contribution in [0, 0.1) is 5.92 Å². The average molecular weight is 313 g/mol. The van der Waals surface area contributed by atoms with Crippen LogP contribution in [0.5, 0.6) is 0 Å². The van der Waals surface area contributed by atoms with Crippen molar-refractivity contribution in [2.75, 3.05) is 13.7 Å². The van der Waals surface area contributed by atoms with Crippen molar-refractivity contribution in [3.05, 3.63) is 53.1 Å². The Bertz CT molecular complexity index is 707. The Morgan fingerprint density at radius 3 is 3.00 bits per heavy atom. The van der Waals surface area contributed by atoms with Crippen LogP contribution in [0.2, 0.25) is 0 Å². The minimum atomic E-state index is -0.441. The molecule has 2 atom stereocenters. The molecule has 1 aromatic rings. The third kappa shape index (κ3) is 2.98. The number of ketones is 1. The molecule has 0 saturated carbocycles. The summed E-state index contributed by atoms with van der Waals surface area (Å²) in [6.07, 6.45) is 5.82. The van der Waals surface area contributed by atoms with Crippen molar-refractivity contribution in [2.24, 2.45) is 5.92 Å². The molecule has 1 aromatic carbocycles. The molecule has 3 rings (SSSR count). The predicted molar refractivity (Wildman–Crippen MR) is 85.5 cm³/mol. The van der Waals surface area contributed by atoms with E-state index in [9.17, 15) is 9.59 Å². The summed E-state index contributed by atoms with van der Waals surface area (Å²) in [4.78, 5) is 28.5. The van der Waals surface area contributed by atoms with E-state index in [4.69, 9.17) is 9.57 Å². The lowest BCUT2D eigenvalue weighted by Gasteiger charge is -2.29. The highest BCUT2D eigenvalue weighted by molar-refractivity contribution is 5.97. The fraction of sp³-hybridized carbons (Fsp3) is 0.333. The van der Waals surface area contributed by atoms with E-state index in [1.807, 2.05) is 31.2 Å². The molecule has 0 spiro atoms. The zero-order chi connectivity index (χ0) is 16.4. The van der Waals surface area contributed by atoms with Crippen LogP contribution < -0.4 is 5.48 Å². The van der Waals surface area contributed by atoms with E-state index < -0.39 is 5.60 Å². The van der Waals surface area contributed by atoms with Crippen molar-refractivity contribution < 1.29 is 19.2 Å². The summed E-state index contributed by atoms with van der Waals surface area (Å²) in [6, 6.07) is 7.28. The van der Waals surface area contributed by atoms with Gasteiger partial charge in [0, 0.05) is 17.9 Å². The quantitative estimate of drug-likeness (QED) is 0.870. The summed E-state index contributed by atoms with van der Waals surface area (Å²) in [5, 5.41) is 0. The fourth-order valence-corrected chi connectivity index (χ4v) is 3.15. The molecule has 1 fully saturated rings. The monoisotopic (exact) mass is 313 g/mol. The van der Waals surface area contributed by atoms with E-state index in [1.165, 1.54) is 7.11 Å². The molecule has 1 amide bonds. The predicted octanol–water partition coefficient (Wildman–Crippen LogP) is 2.30. The van der Waals surface area contributed by atoms with Crippen molar-refractivity contribution >= 4 is 17.8 Å². The van der Waals surface area contributed by atoms with Crippen LogP contribution in [0.25, 0.3) is 6.08 Å². The molecule has 2 aliphatic rings. The topological polar surface area (TPSA) is 64.6 Å². The normalized spacial score (nSPS) is 28.0. The molecule has 5 nitrogen and oxygen atoms in total.